The maximum Gasteiger partial charge on any atom is 0.243 e. The lowest BCUT2D eigenvalue weighted by Gasteiger charge is -2.38. The van der Waals surface area contributed by atoms with Gasteiger partial charge in [-0.1, -0.05) is 6.42 Å². The molecule has 2 aliphatic heterocycles. The smallest absolute Gasteiger partial charge is 0.243 e. The van der Waals surface area contributed by atoms with Crippen molar-refractivity contribution in [3.05, 3.63) is 28.5 Å². The monoisotopic (exact) mass is 343 g/mol. The molecule has 1 aliphatic carbocycles. The zero-order valence-corrected chi connectivity index (χ0v) is 15.3. The Kier molecular flexibility index (Phi) is 4.67. The number of quaternary nitrogens is 1. The molecule has 1 saturated heterocycles. The molecule has 0 amide bonds. The summed E-state index contributed by atoms with van der Waals surface area (Å²) in [6, 6.07) is 5.44. The first-order chi connectivity index (χ1) is 12.1. The number of aryl methyl sites for hydroxylation is 2. The minimum absolute atomic E-state index is 0.0399. The molecule has 0 bridgehead atoms. The number of nitrogens with zero attached hydrogens (tertiary/aromatic N) is 2. The number of anilines is 1. The van der Waals surface area contributed by atoms with Crippen molar-refractivity contribution in [3.63, 3.8) is 0 Å². The molecule has 3 aliphatic rings. The molecular formula is C19H29N5O. The number of fused-ring (bicyclic) bond motifs is 2. The van der Waals surface area contributed by atoms with Crippen LogP contribution in [0.15, 0.2) is 17.1 Å². The molecule has 0 aromatic heterocycles. The van der Waals surface area contributed by atoms with E-state index in [4.69, 9.17) is 0 Å². The van der Waals surface area contributed by atoms with E-state index < -0.39 is 0 Å². The largest absolute Gasteiger partial charge is 0.603 e. The number of hydrogen-bond donors (Lipinski definition) is 3. The van der Waals surface area contributed by atoms with E-state index >= 15 is 0 Å². The third-order valence-electron chi connectivity index (χ3n) is 5.97. The molecular weight excluding hydrogens is 314 g/mol. The van der Waals surface area contributed by atoms with Gasteiger partial charge in [0.25, 0.3) is 0 Å². The topological polar surface area (TPSA) is 67.2 Å². The lowest BCUT2D eigenvalue weighted by atomic mass is 9.98. The zero-order valence-electron chi connectivity index (χ0n) is 15.3. The van der Waals surface area contributed by atoms with Gasteiger partial charge >= 0.3 is 0 Å². The van der Waals surface area contributed by atoms with Gasteiger partial charge in [0, 0.05) is 24.7 Å². The number of guanidine groups is 1. The molecule has 1 fully saturated rings. The van der Waals surface area contributed by atoms with Gasteiger partial charge in [0.2, 0.25) is 5.96 Å². The van der Waals surface area contributed by atoms with Crippen molar-refractivity contribution in [1.82, 2.24) is 10.3 Å². The van der Waals surface area contributed by atoms with Gasteiger partial charge < -0.3 is 10.5 Å². The third-order valence-corrected chi connectivity index (χ3v) is 5.97. The Labute approximate surface area is 149 Å². The lowest BCUT2D eigenvalue weighted by Crippen LogP contribution is -3.11. The van der Waals surface area contributed by atoms with Crippen molar-refractivity contribution in [3.8, 4) is 0 Å². The molecule has 6 nitrogen and oxygen atoms in total. The molecule has 1 aromatic rings. The summed E-state index contributed by atoms with van der Waals surface area (Å²) >= 11 is 0. The molecule has 0 saturated carbocycles. The van der Waals surface area contributed by atoms with Gasteiger partial charge in [-0.15, -0.1) is 0 Å². The Balaban J connectivity index is 1.43. The Morgan fingerprint density at radius 3 is 2.64 bits per heavy atom. The first kappa shape index (κ1) is 16.8. The summed E-state index contributed by atoms with van der Waals surface area (Å²) in [6.07, 6.45) is 7.26. The fourth-order valence-electron chi connectivity index (χ4n) is 4.52. The highest BCUT2D eigenvalue weighted by Crippen LogP contribution is 2.30. The molecule has 1 aromatic carbocycles. The van der Waals surface area contributed by atoms with Crippen LogP contribution in [-0.4, -0.2) is 36.0 Å². The first-order valence-corrected chi connectivity index (χ1v) is 9.66. The number of aliphatic imine (C=N–C) groups is 1. The van der Waals surface area contributed by atoms with Gasteiger partial charge in [-0.2, -0.15) is 5.43 Å². The van der Waals surface area contributed by atoms with Crippen molar-refractivity contribution in [2.75, 3.05) is 18.4 Å². The average Bonchev–Trinajstić information content (AvgIpc) is 3.03. The summed E-state index contributed by atoms with van der Waals surface area (Å²) in [5.74, 6) is 0.591. The Morgan fingerprint density at radius 2 is 1.88 bits per heavy atom. The number of hydrogen-bond acceptors (Lipinski definition) is 3. The van der Waals surface area contributed by atoms with E-state index in [2.05, 4.69) is 40.5 Å². The predicted molar refractivity (Wildman–Crippen MR) is 101 cm³/mol. The van der Waals surface area contributed by atoms with Crippen LogP contribution in [0.5, 0.6) is 0 Å². The molecule has 136 valence electrons. The van der Waals surface area contributed by atoms with Gasteiger partial charge in [0.1, 0.15) is 5.69 Å². The quantitative estimate of drug-likeness (QED) is 0.732. The molecule has 0 radical (unpaired) electrons. The summed E-state index contributed by atoms with van der Waals surface area (Å²) in [7, 11) is 0. The maximum atomic E-state index is 12.4. The van der Waals surface area contributed by atoms with Crippen LogP contribution >= 0.6 is 0 Å². The molecule has 3 unspecified atom stereocenters. The van der Waals surface area contributed by atoms with Crippen molar-refractivity contribution < 1.29 is 5.17 Å². The Morgan fingerprint density at radius 1 is 1.16 bits per heavy atom. The van der Waals surface area contributed by atoms with E-state index in [1.807, 2.05) is 6.07 Å². The summed E-state index contributed by atoms with van der Waals surface area (Å²) in [4.78, 5) is 7.16. The number of benzene rings is 1. The lowest BCUT2D eigenvalue weighted by molar-refractivity contribution is -0.816. The van der Waals surface area contributed by atoms with Crippen molar-refractivity contribution in [1.29, 1.82) is 0 Å². The van der Waals surface area contributed by atoms with Crippen molar-refractivity contribution >= 4 is 17.3 Å². The van der Waals surface area contributed by atoms with E-state index in [-0.39, 0.29) is 5.17 Å². The zero-order chi connectivity index (χ0) is 17.4. The van der Waals surface area contributed by atoms with E-state index in [1.54, 1.807) is 0 Å². The average molecular weight is 343 g/mol. The van der Waals surface area contributed by atoms with Gasteiger partial charge in [-0.3, -0.25) is 4.90 Å². The second kappa shape index (κ2) is 6.94. The van der Waals surface area contributed by atoms with Crippen LogP contribution in [0.3, 0.4) is 0 Å². The maximum absolute atomic E-state index is 12.4. The fraction of sp³-hybridized carbons (Fsp3) is 0.632. The molecule has 3 N–H and O–H groups in total. The van der Waals surface area contributed by atoms with E-state index in [0.717, 1.165) is 30.8 Å². The van der Waals surface area contributed by atoms with Crippen LogP contribution < -0.4 is 15.9 Å². The first-order valence-electron chi connectivity index (χ1n) is 9.66. The predicted octanol–water partition coefficient (Wildman–Crippen LogP) is 1.74. The number of piperidine rings is 1. The number of rotatable bonds is 3. The summed E-state index contributed by atoms with van der Waals surface area (Å²) in [5.41, 5.74) is 7.25. The minimum atomic E-state index is -0.0399. The minimum Gasteiger partial charge on any atom is -0.603 e. The highest BCUT2D eigenvalue weighted by molar-refractivity contribution is 5.96. The van der Waals surface area contributed by atoms with Crippen LogP contribution in [0, 0.1) is 5.21 Å². The molecule has 25 heavy (non-hydrogen) atoms. The van der Waals surface area contributed by atoms with Crippen LogP contribution in [-0.2, 0) is 12.8 Å². The molecule has 3 atom stereocenters. The molecule has 6 heteroatoms. The van der Waals surface area contributed by atoms with Gasteiger partial charge in [-0.25, -0.2) is 10.2 Å². The molecule has 0 spiro atoms. The third kappa shape index (κ3) is 3.38. The number of likely N-dealkylation sites (tertiary alicyclic amines) is 1. The van der Waals surface area contributed by atoms with Gasteiger partial charge in [0.05, 0.1) is 6.54 Å². The highest BCUT2D eigenvalue weighted by Gasteiger charge is 2.26. The fourth-order valence-corrected chi connectivity index (χ4v) is 4.52. The SMILES string of the molecule is CC1CCCC(C)N1CCN=C1Nc2cc3c(cc2[NH+]([O-])N1)CCC3. The molecule has 2 heterocycles. The summed E-state index contributed by atoms with van der Waals surface area (Å²) in [5, 5.41) is 15.7. The van der Waals surface area contributed by atoms with Crippen LogP contribution in [0.25, 0.3) is 0 Å². The van der Waals surface area contributed by atoms with Crippen molar-refractivity contribution in [2.24, 2.45) is 4.99 Å². The van der Waals surface area contributed by atoms with E-state index in [9.17, 15) is 5.21 Å². The molecule has 4 rings (SSSR count). The standard InChI is InChI=1S/C19H29N5O/c1-13-5-3-6-14(2)23(13)10-9-20-19-21-17-11-15-7-4-8-16(15)12-18(17)24(25)22-19/h11-14,24H,3-10H2,1-2H3,(H2,20,21,22). The van der Waals surface area contributed by atoms with E-state index in [1.165, 1.54) is 36.8 Å². The summed E-state index contributed by atoms with van der Waals surface area (Å²) < 4.78 is 0. The van der Waals surface area contributed by atoms with Crippen LogP contribution in [0.1, 0.15) is 50.7 Å². The second-order valence-electron chi connectivity index (χ2n) is 7.70. The Hall–Kier alpha value is -1.63. The van der Waals surface area contributed by atoms with Crippen LogP contribution in [0.2, 0.25) is 0 Å². The van der Waals surface area contributed by atoms with Gasteiger partial charge in [0.15, 0.2) is 5.69 Å². The summed E-state index contributed by atoms with van der Waals surface area (Å²) in [6.45, 7) is 6.26. The van der Waals surface area contributed by atoms with Crippen LogP contribution in [0.4, 0.5) is 11.4 Å². The number of nitrogens with one attached hydrogen (secondary N) is 3. The van der Waals surface area contributed by atoms with Gasteiger partial charge in [-0.05, 0) is 63.1 Å². The van der Waals surface area contributed by atoms with E-state index in [0.29, 0.717) is 24.6 Å². The van der Waals surface area contributed by atoms with Crippen molar-refractivity contribution in [2.45, 2.75) is 64.5 Å². The second-order valence-corrected chi connectivity index (χ2v) is 7.70. The highest BCUT2D eigenvalue weighted by atomic mass is 16.5. The Bertz CT molecular complexity index is 664. The normalized spacial score (nSPS) is 30.5.